The molecular formula is C14H15NO4. The molecule has 0 saturated carbocycles. The molecule has 5 heteroatoms. The van der Waals surface area contributed by atoms with E-state index in [1.54, 1.807) is 7.11 Å². The third-order valence-corrected chi connectivity index (χ3v) is 2.85. The first-order valence-electron chi connectivity index (χ1n) is 5.77. The highest BCUT2D eigenvalue weighted by Gasteiger charge is 2.16. The van der Waals surface area contributed by atoms with Crippen molar-refractivity contribution >= 4 is 11.7 Å². The van der Waals surface area contributed by atoms with Gasteiger partial charge in [0.1, 0.15) is 17.1 Å². The van der Waals surface area contributed by atoms with Crippen LogP contribution in [-0.2, 0) is 6.54 Å². The topological polar surface area (TPSA) is 62.9 Å². The SMILES string of the molecule is COc1ccccc1N(C)Cc1occc1C(=O)O. The minimum absolute atomic E-state index is 0.182. The van der Waals surface area contributed by atoms with Gasteiger partial charge in [-0.3, -0.25) is 0 Å². The number of methoxy groups -OCH3 is 1. The quantitative estimate of drug-likeness (QED) is 0.896. The van der Waals surface area contributed by atoms with Crippen molar-refractivity contribution < 1.29 is 19.1 Å². The number of rotatable bonds is 5. The van der Waals surface area contributed by atoms with E-state index in [0.717, 1.165) is 11.4 Å². The summed E-state index contributed by atoms with van der Waals surface area (Å²) in [4.78, 5) is 12.9. The van der Waals surface area contributed by atoms with Crippen LogP contribution in [-0.4, -0.2) is 25.2 Å². The summed E-state index contributed by atoms with van der Waals surface area (Å²) in [5.41, 5.74) is 1.06. The monoisotopic (exact) mass is 261 g/mol. The fourth-order valence-corrected chi connectivity index (χ4v) is 1.90. The zero-order valence-electron chi connectivity index (χ0n) is 10.8. The molecule has 0 unspecified atom stereocenters. The van der Waals surface area contributed by atoms with Gasteiger partial charge in [0.2, 0.25) is 0 Å². The van der Waals surface area contributed by atoms with Crippen molar-refractivity contribution in [2.45, 2.75) is 6.54 Å². The second-order valence-electron chi connectivity index (χ2n) is 4.09. The molecule has 1 aromatic carbocycles. The molecule has 1 N–H and O–H groups in total. The van der Waals surface area contributed by atoms with E-state index in [1.165, 1.54) is 12.3 Å². The number of ether oxygens (including phenoxy) is 1. The molecule has 0 spiro atoms. The van der Waals surface area contributed by atoms with Crippen molar-refractivity contribution in [2.75, 3.05) is 19.1 Å². The molecule has 0 fully saturated rings. The van der Waals surface area contributed by atoms with Crippen molar-refractivity contribution in [3.63, 3.8) is 0 Å². The fraction of sp³-hybridized carbons (Fsp3) is 0.214. The zero-order valence-corrected chi connectivity index (χ0v) is 10.8. The maximum absolute atomic E-state index is 11.0. The van der Waals surface area contributed by atoms with Gasteiger partial charge in [0.05, 0.1) is 25.6 Å². The number of hydrogen-bond acceptors (Lipinski definition) is 4. The molecule has 0 aliphatic heterocycles. The van der Waals surface area contributed by atoms with Gasteiger partial charge in [0.25, 0.3) is 0 Å². The van der Waals surface area contributed by atoms with Crippen LogP contribution in [0.4, 0.5) is 5.69 Å². The second kappa shape index (κ2) is 5.48. The van der Waals surface area contributed by atoms with Crippen LogP contribution >= 0.6 is 0 Å². The van der Waals surface area contributed by atoms with Crippen LogP contribution in [0, 0.1) is 0 Å². The van der Waals surface area contributed by atoms with Crippen LogP contribution in [0.25, 0.3) is 0 Å². The van der Waals surface area contributed by atoms with E-state index in [2.05, 4.69) is 0 Å². The first-order chi connectivity index (χ1) is 9.13. The Balaban J connectivity index is 2.23. The maximum Gasteiger partial charge on any atom is 0.339 e. The second-order valence-corrected chi connectivity index (χ2v) is 4.09. The molecule has 2 rings (SSSR count). The highest BCUT2D eigenvalue weighted by Crippen LogP contribution is 2.28. The van der Waals surface area contributed by atoms with Gasteiger partial charge in [-0.1, -0.05) is 12.1 Å². The summed E-state index contributed by atoms with van der Waals surface area (Å²) >= 11 is 0. The zero-order chi connectivity index (χ0) is 13.8. The Hall–Kier alpha value is -2.43. The molecule has 100 valence electrons. The van der Waals surface area contributed by atoms with Crippen molar-refractivity contribution in [1.82, 2.24) is 0 Å². The Labute approximate surface area is 111 Å². The van der Waals surface area contributed by atoms with E-state index >= 15 is 0 Å². The van der Waals surface area contributed by atoms with Crippen LogP contribution in [0.1, 0.15) is 16.1 Å². The van der Waals surface area contributed by atoms with Gasteiger partial charge < -0.3 is 19.2 Å². The number of carbonyl (C=O) groups is 1. The largest absolute Gasteiger partial charge is 0.495 e. The predicted octanol–water partition coefficient (Wildman–Crippen LogP) is 2.62. The maximum atomic E-state index is 11.0. The summed E-state index contributed by atoms with van der Waals surface area (Å²) < 4.78 is 10.5. The van der Waals surface area contributed by atoms with Crippen molar-refractivity contribution in [2.24, 2.45) is 0 Å². The van der Waals surface area contributed by atoms with Crippen molar-refractivity contribution in [1.29, 1.82) is 0 Å². The number of carboxylic acid groups (broad SMARTS) is 1. The number of nitrogens with zero attached hydrogens (tertiary/aromatic N) is 1. The third kappa shape index (κ3) is 2.70. The first-order valence-corrected chi connectivity index (χ1v) is 5.77. The molecular weight excluding hydrogens is 246 g/mol. The highest BCUT2D eigenvalue weighted by molar-refractivity contribution is 5.88. The molecule has 0 aliphatic rings. The van der Waals surface area contributed by atoms with Crippen molar-refractivity contribution in [3.8, 4) is 5.75 Å². The molecule has 0 amide bonds. The van der Waals surface area contributed by atoms with Crippen LogP contribution in [0.5, 0.6) is 5.75 Å². The molecule has 19 heavy (non-hydrogen) atoms. The van der Waals surface area contributed by atoms with Gasteiger partial charge in [-0.25, -0.2) is 4.79 Å². The molecule has 5 nitrogen and oxygen atoms in total. The molecule has 2 aromatic rings. The van der Waals surface area contributed by atoms with E-state index in [0.29, 0.717) is 12.3 Å². The Morgan fingerprint density at radius 1 is 1.37 bits per heavy atom. The lowest BCUT2D eigenvalue weighted by Gasteiger charge is -2.20. The molecule has 0 atom stereocenters. The molecule has 0 bridgehead atoms. The van der Waals surface area contributed by atoms with Gasteiger partial charge in [-0.15, -0.1) is 0 Å². The smallest absolute Gasteiger partial charge is 0.339 e. The van der Waals surface area contributed by atoms with Crippen LogP contribution in [0.15, 0.2) is 41.0 Å². The van der Waals surface area contributed by atoms with E-state index in [1.807, 2.05) is 36.2 Å². The van der Waals surface area contributed by atoms with Crippen LogP contribution in [0.3, 0.4) is 0 Å². The number of para-hydroxylation sites is 2. The normalized spacial score (nSPS) is 10.2. The minimum Gasteiger partial charge on any atom is -0.495 e. The summed E-state index contributed by atoms with van der Waals surface area (Å²) in [5, 5.41) is 9.04. The lowest BCUT2D eigenvalue weighted by Crippen LogP contribution is -2.18. The minimum atomic E-state index is -0.989. The van der Waals surface area contributed by atoms with Crippen LogP contribution < -0.4 is 9.64 Å². The number of benzene rings is 1. The molecule has 0 saturated heterocycles. The van der Waals surface area contributed by atoms with E-state index in [4.69, 9.17) is 14.3 Å². The molecule has 1 heterocycles. The summed E-state index contributed by atoms with van der Waals surface area (Å²) in [5.74, 6) is 0.159. The van der Waals surface area contributed by atoms with E-state index < -0.39 is 5.97 Å². The fourth-order valence-electron chi connectivity index (χ4n) is 1.90. The Morgan fingerprint density at radius 2 is 2.11 bits per heavy atom. The number of carboxylic acids is 1. The predicted molar refractivity (Wildman–Crippen MR) is 70.8 cm³/mol. The molecule has 1 aromatic heterocycles. The van der Waals surface area contributed by atoms with Gasteiger partial charge in [-0.05, 0) is 18.2 Å². The molecule has 0 radical (unpaired) electrons. The first kappa shape index (κ1) is 13.0. The Bertz CT molecular complexity index is 576. The van der Waals surface area contributed by atoms with Crippen LogP contribution in [0.2, 0.25) is 0 Å². The third-order valence-electron chi connectivity index (χ3n) is 2.85. The average molecular weight is 261 g/mol. The van der Waals surface area contributed by atoms with Gasteiger partial charge in [-0.2, -0.15) is 0 Å². The van der Waals surface area contributed by atoms with Crippen molar-refractivity contribution in [3.05, 3.63) is 47.9 Å². The summed E-state index contributed by atoms with van der Waals surface area (Å²) in [6.45, 7) is 0.356. The number of aromatic carboxylic acids is 1. The summed E-state index contributed by atoms with van der Waals surface area (Å²) in [7, 11) is 3.45. The average Bonchev–Trinajstić information content (AvgIpc) is 2.87. The summed E-state index contributed by atoms with van der Waals surface area (Å²) in [6, 6.07) is 8.99. The molecule has 0 aliphatic carbocycles. The Kier molecular flexibility index (Phi) is 3.75. The van der Waals surface area contributed by atoms with Gasteiger partial charge >= 0.3 is 5.97 Å². The van der Waals surface area contributed by atoms with Gasteiger partial charge in [0, 0.05) is 7.05 Å². The Morgan fingerprint density at radius 3 is 2.79 bits per heavy atom. The summed E-state index contributed by atoms with van der Waals surface area (Å²) in [6.07, 6.45) is 1.38. The highest BCUT2D eigenvalue weighted by atomic mass is 16.5. The van der Waals surface area contributed by atoms with E-state index in [-0.39, 0.29) is 5.56 Å². The number of anilines is 1. The van der Waals surface area contributed by atoms with Gasteiger partial charge in [0.15, 0.2) is 0 Å². The number of hydrogen-bond donors (Lipinski definition) is 1. The van der Waals surface area contributed by atoms with E-state index in [9.17, 15) is 4.79 Å². The number of furan rings is 1. The standard InChI is InChI=1S/C14H15NO4/c1-15(11-5-3-4-6-12(11)18-2)9-13-10(14(16)17)7-8-19-13/h3-8H,9H2,1-2H3,(H,16,17). The lowest BCUT2D eigenvalue weighted by molar-refractivity contribution is 0.0694. The lowest BCUT2D eigenvalue weighted by atomic mass is 10.2.